The van der Waals surface area contributed by atoms with Crippen molar-refractivity contribution in [3.63, 3.8) is 0 Å². The number of hydrogen-bond donors (Lipinski definition) is 4. The van der Waals surface area contributed by atoms with Gasteiger partial charge in [0.15, 0.2) is 0 Å². The first-order valence-electron chi connectivity index (χ1n) is 18.6. The molecule has 0 aliphatic carbocycles. The number of fused-ring (bicyclic) bond motifs is 4. The molecule has 4 aromatic rings. The normalized spacial score (nSPS) is 17.2. The predicted octanol–water partition coefficient (Wildman–Crippen LogP) is 3.79. The fourth-order valence-electron chi connectivity index (χ4n) is 7.44. The molecule has 0 atom stereocenters. The molecule has 4 aromatic carbocycles. The van der Waals surface area contributed by atoms with E-state index in [9.17, 15) is 51.9 Å². The number of allylic oxidation sites excluding steroid dienone is 12. The Morgan fingerprint density at radius 1 is 0.292 bits per heavy atom. The van der Waals surface area contributed by atoms with E-state index in [1.54, 1.807) is 48.6 Å². The number of rotatable bonds is 8. The Balaban J connectivity index is 0.00000324. The average Bonchev–Trinajstić information content (AvgIpc) is 4.08. The Kier molecular flexibility index (Phi) is 11.8. The topological polar surface area (TPSA) is 267 Å². The molecule has 5 heterocycles. The quantitative estimate of drug-likeness (QED) is 0.145. The molecule has 0 unspecified atom stereocenters. The van der Waals surface area contributed by atoms with Gasteiger partial charge >= 0.3 is 29.6 Å². The summed E-state index contributed by atoms with van der Waals surface area (Å²) >= 11 is 0. The Bertz CT molecular complexity index is 3160. The van der Waals surface area contributed by atoms with E-state index in [2.05, 4.69) is 0 Å². The summed E-state index contributed by atoms with van der Waals surface area (Å²) in [6, 6.07) is 21.6. The van der Waals surface area contributed by atoms with E-state index >= 15 is 0 Å². The molecule has 8 bridgehead atoms. The molecule has 0 spiro atoms. The van der Waals surface area contributed by atoms with Gasteiger partial charge in [0.1, 0.15) is 0 Å². The van der Waals surface area contributed by atoms with Crippen LogP contribution in [0.5, 0.6) is 0 Å². The minimum atomic E-state index is -4.56. The van der Waals surface area contributed by atoms with Crippen LogP contribution in [0.25, 0.3) is 22.3 Å². The van der Waals surface area contributed by atoms with Crippen LogP contribution in [0.1, 0.15) is 23.7 Å². The van der Waals surface area contributed by atoms with Gasteiger partial charge in [0.05, 0.1) is 65.2 Å². The minimum absolute atomic E-state index is 0. The number of aliphatic imine (C=N–C) groups is 4. The average molecular weight is 957 g/mol. The SMILES string of the molecule is O=S(=O)(O)c1ccc(C2=C3C=CC(=N3)C(c3ccc(S(=O)(=O)O)cc3)=C3C=CC(=N3)C(c3ccc(S(=O)(=O)O)cc3)=C3C=CC(=N3)C(c3ccc(S(=O)(=O)O)cc3)=C3C=CC2=N3)cc1.[H-].[Na+]. The molecule has 0 saturated heterocycles. The van der Waals surface area contributed by atoms with Crippen molar-refractivity contribution < 1.29 is 82.9 Å². The summed E-state index contributed by atoms with van der Waals surface area (Å²) in [4.78, 5) is 18.7. The van der Waals surface area contributed by atoms with Gasteiger partial charge in [-0.3, -0.25) is 18.2 Å². The van der Waals surface area contributed by atoms with Crippen molar-refractivity contribution in [2.75, 3.05) is 0 Å². The molecule has 9 rings (SSSR count). The van der Waals surface area contributed by atoms with Gasteiger partial charge < -0.3 is 1.43 Å². The number of hydrogen-bond acceptors (Lipinski definition) is 12. The second-order valence-electron chi connectivity index (χ2n) is 14.4. The fraction of sp³-hybridized carbons (Fsp3) is 0. The van der Waals surface area contributed by atoms with Crippen LogP contribution in [-0.4, -0.2) is 74.7 Å². The molecule has 5 aliphatic heterocycles. The standard InChI is InChI=1S/C44H28N4O12S4.Na.H/c49-61(50,51)29-9-1-25(2-10-29)41-33-17-19-35(45-33)42(26-3-11-30(12-4-26)62(52,53)54)37-21-23-39(47-37)44(28-7-15-32(16-8-28)64(58,59)60)40-24-22-38(48-40)43(36-20-18-34(41)46-36)27-5-13-31(14-6-27)63(55,56)57;;/h1-24H,(H,49,50,51)(H,52,53,54)(H,55,56,57)(H,58,59,60);;/q;+1;-1. The van der Waals surface area contributed by atoms with E-state index in [4.69, 9.17) is 20.0 Å². The van der Waals surface area contributed by atoms with Crippen LogP contribution in [0.3, 0.4) is 0 Å². The Morgan fingerprint density at radius 3 is 0.615 bits per heavy atom. The van der Waals surface area contributed by atoms with Gasteiger partial charge in [-0.15, -0.1) is 0 Å². The minimum Gasteiger partial charge on any atom is -1.00 e. The first kappa shape index (κ1) is 45.7. The van der Waals surface area contributed by atoms with Crippen LogP contribution in [0, 0.1) is 0 Å². The second kappa shape index (κ2) is 16.8. The van der Waals surface area contributed by atoms with Crippen molar-refractivity contribution in [3.05, 3.63) is 191 Å². The first-order chi connectivity index (χ1) is 30.2. The zero-order valence-corrected chi connectivity index (χ0v) is 38.6. The largest absolute Gasteiger partial charge is 1.00 e. The fourth-order valence-corrected chi connectivity index (χ4v) is 9.36. The predicted molar refractivity (Wildman–Crippen MR) is 240 cm³/mol. The Labute approximate surface area is 395 Å². The molecular formula is C44H29N4NaO12S4. The van der Waals surface area contributed by atoms with E-state index in [1.165, 1.54) is 97.1 Å². The van der Waals surface area contributed by atoms with Crippen molar-refractivity contribution >= 4 is 85.6 Å². The molecule has 0 aromatic heterocycles. The van der Waals surface area contributed by atoms with Crippen LogP contribution in [0.15, 0.2) is 208 Å². The summed E-state index contributed by atoms with van der Waals surface area (Å²) in [6.07, 6.45) is 13.6. The van der Waals surface area contributed by atoms with Gasteiger partial charge in [0, 0.05) is 22.3 Å². The third kappa shape index (κ3) is 9.06. The van der Waals surface area contributed by atoms with E-state index in [0.717, 1.165) is 0 Å². The molecule has 65 heavy (non-hydrogen) atoms. The maximum Gasteiger partial charge on any atom is 1.00 e. The van der Waals surface area contributed by atoms with Crippen molar-refractivity contribution in [1.29, 1.82) is 0 Å². The smallest absolute Gasteiger partial charge is 1.00 e. The molecule has 16 nitrogen and oxygen atoms in total. The summed E-state index contributed by atoms with van der Waals surface area (Å²) in [7, 11) is -18.2. The Morgan fingerprint density at radius 2 is 0.462 bits per heavy atom. The molecule has 0 radical (unpaired) electrons. The molecule has 0 fully saturated rings. The molecule has 4 N–H and O–H groups in total. The third-order valence-electron chi connectivity index (χ3n) is 10.4. The van der Waals surface area contributed by atoms with E-state index in [1.807, 2.05) is 0 Å². The van der Waals surface area contributed by atoms with Gasteiger partial charge in [-0.2, -0.15) is 33.7 Å². The summed E-state index contributed by atoms with van der Waals surface area (Å²) in [5.41, 5.74) is 6.28. The summed E-state index contributed by atoms with van der Waals surface area (Å²) < 4.78 is 135. The van der Waals surface area contributed by atoms with Gasteiger partial charge in [0.25, 0.3) is 40.5 Å². The molecule has 5 aliphatic rings. The molecule has 21 heteroatoms. The molecule has 0 amide bonds. The number of nitrogens with zero attached hydrogens (tertiary/aromatic N) is 4. The van der Waals surface area contributed by atoms with Crippen LogP contribution in [-0.2, 0) is 40.5 Å². The third-order valence-corrected chi connectivity index (χ3v) is 13.8. The molecule has 0 saturated carbocycles. The van der Waals surface area contributed by atoms with Crippen molar-refractivity contribution in [1.82, 2.24) is 0 Å². The van der Waals surface area contributed by atoms with E-state index in [0.29, 0.717) is 90.2 Å². The summed E-state index contributed by atoms with van der Waals surface area (Å²) in [5.74, 6) is 0. The van der Waals surface area contributed by atoms with Crippen LogP contribution in [0.2, 0.25) is 0 Å². The summed E-state index contributed by atoms with van der Waals surface area (Å²) in [5, 5.41) is 0. The van der Waals surface area contributed by atoms with E-state index in [-0.39, 0.29) is 50.6 Å². The van der Waals surface area contributed by atoms with Gasteiger partial charge in [-0.05, 0) is 119 Å². The molecule has 322 valence electrons. The first-order valence-corrected chi connectivity index (χ1v) is 24.4. The van der Waals surface area contributed by atoms with E-state index < -0.39 is 40.5 Å². The van der Waals surface area contributed by atoms with Crippen LogP contribution >= 0.6 is 0 Å². The maximum atomic E-state index is 12.0. The van der Waals surface area contributed by atoms with Gasteiger partial charge in [0.2, 0.25) is 0 Å². The maximum absolute atomic E-state index is 12.0. The van der Waals surface area contributed by atoms with Crippen LogP contribution in [0.4, 0.5) is 0 Å². The van der Waals surface area contributed by atoms with Crippen LogP contribution < -0.4 is 29.6 Å². The monoisotopic (exact) mass is 956 g/mol. The Hall–Kier alpha value is -5.88. The second-order valence-corrected chi connectivity index (χ2v) is 20.0. The molecular weight excluding hydrogens is 928 g/mol. The number of benzene rings is 4. The summed E-state index contributed by atoms with van der Waals surface area (Å²) in [6.45, 7) is 0. The van der Waals surface area contributed by atoms with Gasteiger partial charge in [-0.25, -0.2) is 20.0 Å². The zero-order valence-electron chi connectivity index (χ0n) is 34.3. The zero-order chi connectivity index (χ0) is 45.3. The van der Waals surface area contributed by atoms with Crippen molar-refractivity contribution in [3.8, 4) is 0 Å². The van der Waals surface area contributed by atoms with Gasteiger partial charge in [-0.1, -0.05) is 48.5 Å². The van der Waals surface area contributed by atoms with Crippen molar-refractivity contribution in [2.45, 2.75) is 19.6 Å². The van der Waals surface area contributed by atoms with Crippen molar-refractivity contribution in [2.24, 2.45) is 20.0 Å².